The van der Waals surface area contributed by atoms with Gasteiger partial charge in [-0.25, -0.2) is 0 Å². The number of benzene rings is 2. The van der Waals surface area contributed by atoms with Crippen LogP contribution >= 0.6 is 11.6 Å². The van der Waals surface area contributed by atoms with Crippen molar-refractivity contribution in [3.63, 3.8) is 0 Å². The smallest absolute Gasteiger partial charge is 0.257 e. The fourth-order valence-electron chi connectivity index (χ4n) is 1.90. The van der Waals surface area contributed by atoms with E-state index in [2.05, 4.69) is 17.4 Å². The van der Waals surface area contributed by atoms with Crippen molar-refractivity contribution in [2.75, 3.05) is 13.2 Å². The Labute approximate surface area is 129 Å². The van der Waals surface area contributed by atoms with Crippen LogP contribution < -0.4 is 10.1 Å². The number of rotatable bonds is 7. The number of nitrogens with one attached hydrogen (secondary N) is 1. The summed E-state index contributed by atoms with van der Waals surface area (Å²) >= 11 is 5.77. The fourth-order valence-corrected chi connectivity index (χ4v) is 2.02. The van der Waals surface area contributed by atoms with E-state index in [-0.39, 0.29) is 12.5 Å². The van der Waals surface area contributed by atoms with E-state index in [1.807, 2.05) is 18.2 Å². The molecule has 0 saturated heterocycles. The third-order valence-corrected chi connectivity index (χ3v) is 3.24. The van der Waals surface area contributed by atoms with Crippen molar-refractivity contribution >= 4 is 17.5 Å². The molecular formula is C17H18ClNO2. The van der Waals surface area contributed by atoms with Gasteiger partial charge in [-0.05, 0) is 42.7 Å². The van der Waals surface area contributed by atoms with Gasteiger partial charge in [0.1, 0.15) is 5.75 Å². The molecule has 110 valence electrons. The zero-order valence-electron chi connectivity index (χ0n) is 11.7. The van der Waals surface area contributed by atoms with Crippen molar-refractivity contribution in [3.05, 3.63) is 65.2 Å². The summed E-state index contributed by atoms with van der Waals surface area (Å²) in [6, 6.07) is 17.2. The minimum absolute atomic E-state index is 0.0208. The Bertz CT molecular complexity index is 555. The second kappa shape index (κ2) is 8.32. The minimum atomic E-state index is -0.113. The van der Waals surface area contributed by atoms with Gasteiger partial charge < -0.3 is 10.1 Å². The highest BCUT2D eigenvalue weighted by Gasteiger charge is 2.02. The topological polar surface area (TPSA) is 38.3 Å². The highest BCUT2D eigenvalue weighted by Crippen LogP contribution is 2.15. The van der Waals surface area contributed by atoms with Crippen LogP contribution in [0.2, 0.25) is 5.02 Å². The van der Waals surface area contributed by atoms with Crippen LogP contribution in [0.1, 0.15) is 12.0 Å². The number of amides is 1. The van der Waals surface area contributed by atoms with Crippen LogP contribution in [0, 0.1) is 0 Å². The lowest BCUT2D eigenvalue weighted by atomic mass is 10.1. The lowest BCUT2D eigenvalue weighted by Crippen LogP contribution is -2.29. The lowest BCUT2D eigenvalue weighted by molar-refractivity contribution is -0.123. The number of carbonyl (C=O) groups is 1. The molecule has 2 aromatic carbocycles. The van der Waals surface area contributed by atoms with Crippen molar-refractivity contribution in [1.29, 1.82) is 0 Å². The maximum atomic E-state index is 11.6. The summed E-state index contributed by atoms with van der Waals surface area (Å²) in [6.45, 7) is 0.671. The predicted molar refractivity (Wildman–Crippen MR) is 84.7 cm³/mol. The average molecular weight is 304 g/mol. The van der Waals surface area contributed by atoms with Gasteiger partial charge in [-0.15, -0.1) is 0 Å². The summed E-state index contributed by atoms with van der Waals surface area (Å²) in [5, 5.41) is 3.49. The maximum Gasteiger partial charge on any atom is 0.257 e. The molecule has 2 aromatic rings. The maximum absolute atomic E-state index is 11.6. The number of hydrogen-bond acceptors (Lipinski definition) is 2. The van der Waals surface area contributed by atoms with E-state index in [1.54, 1.807) is 24.3 Å². The molecule has 3 nitrogen and oxygen atoms in total. The van der Waals surface area contributed by atoms with E-state index >= 15 is 0 Å². The van der Waals surface area contributed by atoms with E-state index in [9.17, 15) is 4.79 Å². The van der Waals surface area contributed by atoms with Gasteiger partial charge in [0, 0.05) is 11.6 Å². The van der Waals surface area contributed by atoms with Crippen molar-refractivity contribution < 1.29 is 9.53 Å². The van der Waals surface area contributed by atoms with Crippen LogP contribution in [-0.4, -0.2) is 19.1 Å². The summed E-state index contributed by atoms with van der Waals surface area (Å²) in [6.07, 6.45) is 1.87. The molecule has 0 atom stereocenters. The van der Waals surface area contributed by atoms with Crippen LogP contribution in [0.5, 0.6) is 5.75 Å². The molecule has 1 amide bonds. The van der Waals surface area contributed by atoms with Crippen molar-refractivity contribution in [2.24, 2.45) is 0 Å². The zero-order chi connectivity index (χ0) is 14.9. The quantitative estimate of drug-likeness (QED) is 0.795. The Kier molecular flexibility index (Phi) is 6.10. The Hall–Kier alpha value is -2.00. The third-order valence-electron chi connectivity index (χ3n) is 2.99. The molecular weight excluding hydrogens is 286 g/mol. The fraction of sp³-hybridized carbons (Fsp3) is 0.235. The van der Waals surface area contributed by atoms with Gasteiger partial charge in [0.05, 0.1) is 0 Å². The first-order valence-corrected chi connectivity index (χ1v) is 7.31. The molecule has 0 aliphatic carbocycles. The molecule has 0 spiro atoms. The van der Waals surface area contributed by atoms with Gasteiger partial charge in [-0.3, -0.25) is 4.79 Å². The summed E-state index contributed by atoms with van der Waals surface area (Å²) < 4.78 is 5.37. The summed E-state index contributed by atoms with van der Waals surface area (Å²) in [4.78, 5) is 11.6. The van der Waals surface area contributed by atoms with Crippen LogP contribution in [0.3, 0.4) is 0 Å². The lowest BCUT2D eigenvalue weighted by Gasteiger charge is -2.07. The van der Waals surface area contributed by atoms with Crippen molar-refractivity contribution in [2.45, 2.75) is 12.8 Å². The van der Waals surface area contributed by atoms with Gasteiger partial charge in [0.2, 0.25) is 0 Å². The second-order valence-electron chi connectivity index (χ2n) is 4.68. The van der Waals surface area contributed by atoms with Gasteiger partial charge in [0.25, 0.3) is 5.91 Å². The van der Waals surface area contributed by atoms with Crippen LogP contribution in [-0.2, 0) is 11.2 Å². The van der Waals surface area contributed by atoms with Crippen molar-refractivity contribution in [1.82, 2.24) is 5.32 Å². The molecule has 0 radical (unpaired) electrons. The Balaban J connectivity index is 1.60. The van der Waals surface area contributed by atoms with Crippen LogP contribution in [0.15, 0.2) is 54.6 Å². The highest BCUT2D eigenvalue weighted by molar-refractivity contribution is 6.30. The molecule has 1 N–H and O–H groups in total. The molecule has 0 fully saturated rings. The zero-order valence-corrected chi connectivity index (χ0v) is 12.5. The third kappa shape index (κ3) is 5.88. The van der Waals surface area contributed by atoms with Gasteiger partial charge in [-0.1, -0.05) is 41.9 Å². The monoisotopic (exact) mass is 303 g/mol. The van der Waals surface area contributed by atoms with E-state index < -0.39 is 0 Å². The summed E-state index contributed by atoms with van der Waals surface area (Å²) in [5.74, 6) is 0.525. The van der Waals surface area contributed by atoms with Gasteiger partial charge in [0.15, 0.2) is 6.61 Å². The molecule has 0 heterocycles. The standard InChI is InChI=1S/C17H18ClNO2/c18-15-8-10-16(11-9-15)21-13-17(20)19-12-4-7-14-5-2-1-3-6-14/h1-3,5-6,8-11H,4,7,12-13H2,(H,19,20). The summed E-state index contributed by atoms with van der Waals surface area (Å²) in [7, 11) is 0. The molecule has 0 unspecified atom stereocenters. The van der Waals surface area contributed by atoms with Crippen molar-refractivity contribution in [3.8, 4) is 5.75 Å². The number of ether oxygens (including phenoxy) is 1. The largest absolute Gasteiger partial charge is 0.484 e. The van der Waals surface area contributed by atoms with E-state index in [0.29, 0.717) is 17.3 Å². The first kappa shape index (κ1) is 15.4. The second-order valence-corrected chi connectivity index (χ2v) is 5.12. The van der Waals surface area contributed by atoms with Crippen LogP contribution in [0.25, 0.3) is 0 Å². The summed E-state index contributed by atoms with van der Waals surface area (Å²) in [5.41, 5.74) is 1.28. The molecule has 2 rings (SSSR count). The van der Waals surface area contributed by atoms with Gasteiger partial charge in [-0.2, -0.15) is 0 Å². The molecule has 0 aliphatic heterocycles. The highest BCUT2D eigenvalue weighted by atomic mass is 35.5. The first-order chi connectivity index (χ1) is 10.2. The van der Waals surface area contributed by atoms with E-state index in [1.165, 1.54) is 5.56 Å². The average Bonchev–Trinajstić information content (AvgIpc) is 2.52. The predicted octanol–water partition coefficient (Wildman–Crippen LogP) is 3.47. The Morgan fingerprint density at radius 1 is 1.05 bits per heavy atom. The van der Waals surface area contributed by atoms with Gasteiger partial charge >= 0.3 is 0 Å². The number of halogens is 1. The number of hydrogen-bond donors (Lipinski definition) is 1. The first-order valence-electron chi connectivity index (χ1n) is 6.93. The molecule has 0 bridgehead atoms. The SMILES string of the molecule is O=C(COc1ccc(Cl)cc1)NCCCc1ccccc1. The number of aryl methyl sites for hydroxylation is 1. The Morgan fingerprint density at radius 3 is 2.48 bits per heavy atom. The Morgan fingerprint density at radius 2 is 1.76 bits per heavy atom. The normalized spacial score (nSPS) is 10.1. The number of carbonyl (C=O) groups excluding carboxylic acids is 1. The van der Waals surface area contributed by atoms with E-state index in [4.69, 9.17) is 16.3 Å². The minimum Gasteiger partial charge on any atom is -0.484 e. The molecule has 0 aromatic heterocycles. The molecule has 21 heavy (non-hydrogen) atoms. The molecule has 0 aliphatic rings. The van der Waals surface area contributed by atoms with E-state index in [0.717, 1.165) is 12.8 Å². The molecule has 0 saturated carbocycles. The van der Waals surface area contributed by atoms with Crippen LogP contribution in [0.4, 0.5) is 0 Å². The molecule has 4 heteroatoms.